The number of hydrogen-bond donors (Lipinski definition) is 0. The van der Waals surface area contributed by atoms with Gasteiger partial charge >= 0.3 is 24.0 Å². The lowest BCUT2D eigenvalue weighted by Gasteiger charge is -2.32. The molecule has 1 saturated heterocycles. The van der Waals surface area contributed by atoms with Crippen molar-refractivity contribution in [3.8, 4) is 22.3 Å². The lowest BCUT2D eigenvalue weighted by molar-refractivity contribution is -0.385. The van der Waals surface area contributed by atoms with E-state index in [0.717, 1.165) is 36.2 Å². The van der Waals surface area contributed by atoms with Crippen LogP contribution in [0.2, 0.25) is 0 Å². The molecule has 0 spiro atoms. The third-order valence-electron chi connectivity index (χ3n) is 13.4. The molecule has 462 valence electrons. The molecule has 1 atom stereocenters. The molecule has 0 saturated carbocycles. The molecular weight excluding hydrogens is 1420 g/mol. The van der Waals surface area contributed by atoms with Crippen molar-refractivity contribution in [3.05, 3.63) is 227 Å². The Bertz CT molecular complexity index is 3920. The van der Waals surface area contributed by atoms with E-state index in [1.165, 1.54) is 66.2 Å². The van der Waals surface area contributed by atoms with Crippen molar-refractivity contribution in [1.29, 1.82) is 0 Å². The van der Waals surface area contributed by atoms with Gasteiger partial charge in [0.15, 0.2) is 5.70 Å². The Morgan fingerprint density at radius 3 is 1.10 bits per heavy atom. The Labute approximate surface area is 547 Å². The van der Waals surface area contributed by atoms with Gasteiger partial charge in [0.25, 0.3) is 17.1 Å². The van der Waals surface area contributed by atoms with E-state index in [1.54, 1.807) is 12.1 Å². The molecule has 21 nitrogen and oxygen atoms in total. The zero-order chi connectivity index (χ0) is 63.2. The van der Waals surface area contributed by atoms with Gasteiger partial charge < -0.3 is 37.3 Å². The normalized spacial score (nSPS) is 12.9. The van der Waals surface area contributed by atoms with Gasteiger partial charge in [-0.3, -0.25) is 33.3 Å². The Morgan fingerprint density at radius 2 is 0.795 bits per heavy atom. The fourth-order valence-electron chi connectivity index (χ4n) is 8.84. The average Bonchev–Trinajstić information content (AvgIpc) is 1.93. The van der Waals surface area contributed by atoms with Crippen molar-refractivity contribution in [2.45, 2.75) is 58.5 Å². The molecule has 6 aromatic carbocycles. The standard InChI is InChI=1S/2C18H16N2O4.C15H24BNO2.C9H4INO4.BH2INP.2ClH/c2*1-19(2)11-12-3-5-13(6-4-12)18-14-7-10-17(21)24-16(14)9-8-15(18)20(22)23;1-14(2)15(3,4)19-16(18-14)13-9-7-12(8-10-13)11-17(5)6;10-9-5-1-4-8(12)15-7(5)3-2-6(9)11(13)14;1-2-3-4;;/h2*3-10H,11H2,1-2H3;7-10H,11H2,1-6H3;1-4H;4H2;2*1H. The Morgan fingerprint density at radius 1 is 0.500 bits per heavy atom. The summed E-state index contributed by atoms with van der Waals surface area (Å²) in [6, 6.07) is 40.5. The first-order valence-electron chi connectivity index (χ1n) is 26.2. The SMILES string of the molecule is CN(C)Cc1ccc(-c2c([N+](=O)[O-])ccc3oc(=O)ccc23)cc1.CN(C)Cc1ccc(-c2c([N+](=O)[O-])ccc3oc(=O)ccc23)cc1.CN(C)Cc1ccc(B2OC(C)(C)C(C)(C)O2)cc1.Cl.Cl.O=c1ccc2c(I)c([N+](=O)[O-])ccc2o1.[B]I=NP. The predicted molar refractivity (Wildman–Crippen MR) is 372 cm³/mol. The summed E-state index contributed by atoms with van der Waals surface area (Å²) in [6.07, 6.45) is 0. The summed E-state index contributed by atoms with van der Waals surface area (Å²) in [6.45, 7) is 10.8. The van der Waals surface area contributed by atoms with Gasteiger partial charge in [-0.2, -0.15) is 0 Å². The van der Waals surface area contributed by atoms with Gasteiger partial charge in [-0.15, -0.1) is 24.8 Å². The highest BCUT2D eigenvalue weighted by molar-refractivity contribution is 14.2. The lowest BCUT2D eigenvalue weighted by atomic mass is 9.79. The average molecular weight is 1480 g/mol. The highest BCUT2D eigenvalue weighted by atomic mass is 127. The van der Waals surface area contributed by atoms with E-state index >= 15 is 0 Å². The van der Waals surface area contributed by atoms with E-state index in [0.29, 0.717) is 58.7 Å². The number of fused-ring (bicyclic) bond motifs is 3. The number of hydrogen-bond acceptors (Lipinski definition) is 18. The van der Waals surface area contributed by atoms with Gasteiger partial charge in [0.2, 0.25) is 0 Å². The monoisotopic (exact) mass is 1480 g/mol. The van der Waals surface area contributed by atoms with Crippen LogP contribution in [0.4, 0.5) is 17.1 Å². The summed E-state index contributed by atoms with van der Waals surface area (Å²) in [5.74, 6) is 0. The zero-order valence-electron chi connectivity index (χ0n) is 49.6. The van der Waals surface area contributed by atoms with Gasteiger partial charge in [0.05, 0.1) is 37.1 Å². The van der Waals surface area contributed by atoms with Gasteiger partial charge in [0.1, 0.15) is 20.3 Å². The third kappa shape index (κ3) is 19.7. The quantitative estimate of drug-likeness (QED) is 0.0275. The molecule has 10 rings (SSSR count). The van der Waals surface area contributed by atoms with E-state index < -0.39 is 31.6 Å². The molecular formula is C60H64B2Cl2I2N7O14P. The number of nitro benzene ring substituents is 3. The summed E-state index contributed by atoms with van der Waals surface area (Å²) in [7, 11) is 14.0. The van der Waals surface area contributed by atoms with Crippen LogP contribution >= 0.6 is 77.6 Å². The van der Waals surface area contributed by atoms with Crippen molar-refractivity contribution >= 4 is 146 Å². The summed E-state index contributed by atoms with van der Waals surface area (Å²) in [5.41, 5.74) is 10.9. The number of nitro groups is 3. The summed E-state index contributed by atoms with van der Waals surface area (Å²) in [5, 5.41) is 35.2. The second-order valence-corrected chi connectivity index (χ2v) is 24.7. The maximum absolute atomic E-state index is 11.4. The van der Waals surface area contributed by atoms with Crippen molar-refractivity contribution in [2.75, 3.05) is 42.3 Å². The summed E-state index contributed by atoms with van der Waals surface area (Å²) < 4.78 is 31.3. The van der Waals surface area contributed by atoms with Crippen LogP contribution in [0.1, 0.15) is 44.4 Å². The number of nitrogens with zero attached hydrogens (tertiary/aromatic N) is 7. The van der Waals surface area contributed by atoms with Gasteiger partial charge in [0, 0.05) is 72.2 Å². The first-order chi connectivity index (χ1) is 40.6. The molecule has 0 N–H and O–H groups in total. The van der Waals surface area contributed by atoms with E-state index in [1.807, 2.05) is 109 Å². The van der Waals surface area contributed by atoms with Crippen LogP contribution in [0.25, 0.3) is 55.2 Å². The van der Waals surface area contributed by atoms with E-state index in [9.17, 15) is 44.7 Å². The molecule has 4 heterocycles. The van der Waals surface area contributed by atoms with Crippen LogP contribution in [0.15, 0.2) is 176 Å². The molecule has 9 aromatic rings. The highest BCUT2D eigenvalue weighted by Gasteiger charge is 2.51. The molecule has 1 aliphatic rings. The highest BCUT2D eigenvalue weighted by Crippen LogP contribution is 2.39. The maximum Gasteiger partial charge on any atom is 0.494 e. The van der Waals surface area contributed by atoms with Gasteiger partial charge in [-0.1, -0.05) is 93.6 Å². The molecule has 28 heteroatoms. The van der Waals surface area contributed by atoms with Gasteiger partial charge in [-0.25, -0.2) is 14.4 Å². The lowest BCUT2D eigenvalue weighted by Crippen LogP contribution is -2.41. The summed E-state index contributed by atoms with van der Waals surface area (Å²) in [4.78, 5) is 72.1. The van der Waals surface area contributed by atoms with Crippen molar-refractivity contribution in [1.82, 2.24) is 14.7 Å². The van der Waals surface area contributed by atoms with Crippen molar-refractivity contribution < 1.29 is 37.3 Å². The minimum Gasteiger partial charge on any atom is -0.423 e. The third-order valence-corrected chi connectivity index (χ3v) is 15.6. The first kappa shape index (κ1) is 73.8. The first-order valence-corrected chi connectivity index (χ1v) is 30.0. The van der Waals surface area contributed by atoms with Crippen LogP contribution < -0.4 is 22.3 Å². The minimum absolute atomic E-state index is 0. The zero-order valence-corrected chi connectivity index (χ0v) is 56.7. The van der Waals surface area contributed by atoms with Gasteiger partial charge in [-0.05, 0) is 172 Å². The largest absolute Gasteiger partial charge is 0.494 e. The Hall–Kier alpha value is -6.65. The Balaban J connectivity index is 0.000000247. The predicted octanol–water partition coefficient (Wildman–Crippen LogP) is 13.1. The molecule has 2 radical (unpaired) electrons. The van der Waals surface area contributed by atoms with Crippen molar-refractivity contribution in [2.24, 2.45) is 2.92 Å². The summed E-state index contributed by atoms with van der Waals surface area (Å²) >= 11 is 1.56. The second kappa shape index (κ2) is 33.3. The molecule has 3 aromatic heterocycles. The molecule has 0 aliphatic carbocycles. The van der Waals surface area contributed by atoms with Crippen LogP contribution in [0.3, 0.4) is 0 Å². The van der Waals surface area contributed by atoms with Crippen molar-refractivity contribution in [3.63, 3.8) is 0 Å². The topological polar surface area (TPSA) is 261 Å². The van der Waals surface area contributed by atoms with Crippen LogP contribution in [0, 0.1) is 33.9 Å². The molecule has 88 heavy (non-hydrogen) atoms. The number of halogens is 4. The minimum atomic E-state index is -0.483. The fourth-order valence-corrected chi connectivity index (χ4v) is 9.66. The van der Waals surface area contributed by atoms with Crippen LogP contribution in [-0.4, -0.2) is 95.8 Å². The maximum atomic E-state index is 11.4. The fraction of sp³-hybridized carbons (Fsp3) is 0.250. The molecule has 0 bridgehead atoms. The molecule has 1 aliphatic heterocycles. The van der Waals surface area contributed by atoms with E-state index in [2.05, 4.69) is 83.3 Å². The molecule has 0 amide bonds. The van der Waals surface area contributed by atoms with E-state index in [4.69, 9.17) is 28.3 Å². The van der Waals surface area contributed by atoms with Crippen LogP contribution in [0.5, 0.6) is 0 Å². The molecule has 1 unspecified atom stereocenters. The molecule has 1 fully saturated rings. The number of benzene rings is 6. The Kier molecular flexibility index (Phi) is 27.9. The number of rotatable bonds is 12. The van der Waals surface area contributed by atoms with Crippen LogP contribution in [-0.2, 0) is 28.9 Å². The van der Waals surface area contributed by atoms with E-state index in [-0.39, 0.29) is 81.0 Å². The smallest absolute Gasteiger partial charge is 0.423 e. The second-order valence-electron chi connectivity index (χ2n) is 21.2.